The maximum Gasteiger partial charge on any atom is 0.309 e. The Labute approximate surface area is 97.7 Å². The number of carboxylic acids is 1. The van der Waals surface area contributed by atoms with Crippen molar-refractivity contribution in [3.63, 3.8) is 0 Å². The summed E-state index contributed by atoms with van der Waals surface area (Å²) in [6.45, 7) is 0. The molecule has 0 radical (unpaired) electrons. The highest BCUT2D eigenvalue weighted by Crippen LogP contribution is 2.37. The predicted octanol–water partition coefficient (Wildman–Crippen LogP) is 1.43. The van der Waals surface area contributed by atoms with Gasteiger partial charge in [-0.1, -0.05) is 12.1 Å². The summed E-state index contributed by atoms with van der Waals surface area (Å²) < 4.78 is 13.1. The van der Waals surface area contributed by atoms with Gasteiger partial charge in [-0.3, -0.25) is 9.59 Å². The van der Waals surface area contributed by atoms with Gasteiger partial charge in [0.1, 0.15) is 5.82 Å². The molecule has 1 heterocycles. The molecule has 1 aliphatic heterocycles. The lowest BCUT2D eigenvalue weighted by Crippen LogP contribution is -2.26. The zero-order valence-corrected chi connectivity index (χ0v) is 9.26. The average Bonchev–Trinajstić information content (AvgIpc) is 2.56. The summed E-state index contributed by atoms with van der Waals surface area (Å²) >= 11 is 0. The highest BCUT2D eigenvalue weighted by Gasteiger charge is 2.42. The van der Waals surface area contributed by atoms with Crippen molar-refractivity contribution in [3.05, 3.63) is 35.6 Å². The number of rotatable bonds is 2. The molecule has 1 saturated heterocycles. The number of hydrogen-bond donors (Lipinski definition) is 1. The smallest absolute Gasteiger partial charge is 0.309 e. The molecule has 2 rings (SSSR count). The van der Waals surface area contributed by atoms with Crippen LogP contribution in [0.2, 0.25) is 0 Å². The molecule has 0 spiro atoms. The Bertz CT molecular complexity index is 475. The van der Waals surface area contributed by atoms with Gasteiger partial charge in [-0.25, -0.2) is 4.39 Å². The van der Waals surface area contributed by atoms with Gasteiger partial charge in [-0.2, -0.15) is 0 Å². The highest BCUT2D eigenvalue weighted by atomic mass is 19.1. The molecular formula is C12H12FNO3. The SMILES string of the molecule is CN1C(=O)C[C@@H](C(=O)O)[C@@H]1c1cccc(F)c1. The topological polar surface area (TPSA) is 57.6 Å². The van der Waals surface area contributed by atoms with E-state index >= 15 is 0 Å². The minimum Gasteiger partial charge on any atom is -0.481 e. The first-order valence-electron chi connectivity index (χ1n) is 5.24. The minimum atomic E-state index is -1.03. The first-order chi connectivity index (χ1) is 8.00. The maximum absolute atomic E-state index is 13.1. The van der Waals surface area contributed by atoms with Crippen molar-refractivity contribution in [1.29, 1.82) is 0 Å². The summed E-state index contributed by atoms with van der Waals surface area (Å²) in [4.78, 5) is 24.0. The van der Waals surface area contributed by atoms with Crippen molar-refractivity contribution < 1.29 is 19.1 Å². The second-order valence-corrected chi connectivity index (χ2v) is 4.15. The van der Waals surface area contributed by atoms with Crippen LogP contribution < -0.4 is 0 Å². The van der Waals surface area contributed by atoms with E-state index in [1.54, 1.807) is 13.1 Å². The highest BCUT2D eigenvalue weighted by molar-refractivity contribution is 5.87. The number of carbonyl (C=O) groups excluding carboxylic acids is 1. The van der Waals surface area contributed by atoms with E-state index < -0.39 is 23.7 Å². The Hall–Kier alpha value is -1.91. The largest absolute Gasteiger partial charge is 0.481 e. The third-order valence-corrected chi connectivity index (χ3v) is 3.09. The van der Waals surface area contributed by atoms with Gasteiger partial charge in [-0.15, -0.1) is 0 Å². The molecular weight excluding hydrogens is 225 g/mol. The Kier molecular flexibility index (Phi) is 2.83. The van der Waals surface area contributed by atoms with E-state index in [-0.39, 0.29) is 12.3 Å². The number of likely N-dealkylation sites (tertiary alicyclic amines) is 1. The number of amides is 1. The van der Waals surface area contributed by atoms with Crippen LogP contribution in [0.3, 0.4) is 0 Å². The van der Waals surface area contributed by atoms with Gasteiger partial charge in [0.2, 0.25) is 5.91 Å². The van der Waals surface area contributed by atoms with Gasteiger partial charge < -0.3 is 10.0 Å². The molecule has 5 heteroatoms. The molecule has 1 fully saturated rings. The minimum absolute atomic E-state index is 0.0347. The third kappa shape index (κ3) is 2.00. The van der Waals surface area contributed by atoms with Crippen molar-refractivity contribution in [2.45, 2.75) is 12.5 Å². The molecule has 0 aliphatic carbocycles. The Balaban J connectivity index is 2.40. The molecule has 4 nitrogen and oxygen atoms in total. The summed E-state index contributed by atoms with van der Waals surface area (Å²) in [6, 6.07) is 5.13. The van der Waals surface area contributed by atoms with E-state index in [1.807, 2.05) is 0 Å². The molecule has 1 aliphatic rings. The van der Waals surface area contributed by atoms with Crippen molar-refractivity contribution in [2.75, 3.05) is 7.05 Å². The Morgan fingerprint density at radius 3 is 2.82 bits per heavy atom. The zero-order valence-electron chi connectivity index (χ0n) is 9.26. The summed E-state index contributed by atoms with van der Waals surface area (Å²) in [7, 11) is 1.54. The number of carboxylic acid groups (broad SMARTS) is 1. The van der Waals surface area contributed by atoms with E-state index in [0.717, 1.165) is 0 Å². The molecule has 2 atom stereocenters. The van der Waals surface area contributed by atoms with Crippen LogP contribution in [0.25, 0.3) is 0 Å². The molecule has 0 aromatic heterocycles. The average molecular weight is 237 g/mol. The third-order valence-electron chi connectivity index (χ3n) is 3.09. The summed E-state index contributed by atoms with van der Waals surface area (Å²) in [6.07, 6.45) is -0.0347. The molecule has 1 amide bonds. The maximum atomic E-state index is 13.1. The quantitative estimate of drug-likeness (QED) is 0.846. The molecule has 0 saturated carbocycles. The van der Waals surface area contributed by atoms with Crippen LogP contribution in [-0.2, 0) is 9.59 Å². The van der Waals surface area contributed by atoms with Gasteiger partial charge >= 0.3 is 5.97 Å². The van der Waals surface area contributed by atoms with Crippen molar-refractivity contribution in [3.8, 4) is 0 Å². The molecule has 17 heavy (non-hydrogen) atoms. The van der Waals surface area contributed by atoms with Crippen LogP contribution in [0, 0.1) is 11.7 Å². The van der Waals surface area contributed by atoms with Crippen LogP contribution in [0.4, 0.5) is 4.39 Å². The van der Waals surface area contributed by atoms with Crippen molar-refractivity contribution in [2.24, 2.45) is 5.92 Å². The number of halogens is 1. The molecule has 1 N–H and O–H groups in total. The lowest BCUT2D eigenvalue weighted by Gasteiger charge is -2.23. The first kappa shape index (κ1) is 11.6. The van der Waals surface area contributed by atoms with E-state index in [9.17, 15) is 14.0 Å². The number of carbonyl (C=O) groups is 2. The van der Waals surface area contributed by atoms with E-state index in [0.29, 0.717) is 5.56 Å². The predicted molar refractivity (Wildman–Crippen MR) is 57.7 cm³/mol. The lowest BCUT2D eigenvalue weighted by molar-refractivity contribution is -0.142. The molecule has 0 unspecified atom stereocenters. The van der Waals surface area contributed by atoms with Crippen molar-refractivity contribution in [1.82, 2.24) is 4.90 Å². The Morgan fingerprint density at radius 2 is 2.24 bits per heavy atom. The molecule has 1 aromatic carbocycles. The fourth-order valence-electron chi connectivity index (χ4n) is 2.24. The summed E-state index contributed by atoms with van der Waals surface area (Å²) in [5, 5.41) is 9.08. The van der Waals surface area contributed by atoms with Gasteiger partial charge in [0.15, 0.2) is 0 Å². The van der Waals surface area contributed by atoms with Crippen LogP contribution in [-0.4, -0.2) is 28.9 Å². The van der Waals surface area contributed by atoms with Gasteiger partial charge in [-0.05, 0) is 17.7 Å². The number of benzene rings is 1. The fourth-order valence-corrected chi connectivity index (χ4v) is 2.24. The van der Waals surface area contributed by atoms with Crippen molar-refractivity contribution >= 4 is 11.9 Å². The molecule has 90 valence electrons. The van der Waals surface area contributed by atoms with Gasteiger partial charge in [0, 0.05) is 13.5 Å². The van der Waals surface area contributed by atoms with Gasteiger partial charge in [0.05, 0.1) is 12.0 Å². The van der Waals surface area contributed by atoms with Crippen LogP contribution >= 0.6 is 0 Å². The monoisotopic (exact) mass is 237 g/mol. The number of hydrogen-bond acceptors (Lipinski definition) is 2. The van der Waals surface area contributed by atoms with Crippen LogP contribution in [0.1, 0.15) is 18.0 Å². The normalized spacial score (nSPS) is 24.1. The molecule has 0 bridgehead atoms. The second kappa shape index (κ2) is 4.16. The van der Waals surface area contributed by atoms with E-state index in [4.69, 9.17) is 5.11 Å². The summed E-state index contributed by atoms with van der Waals surface area (Å²) in [5.74, 6) is -2.50. The first-order valence-corrected chi connectivity index (χ1v) is 5.24. The zero-order chi connectivity index (χ0) is 12.6. The Morgan fingerprint density at radius 1 is 1.53 bits per heavy atom. The lowest BCUT2D eigenvalue weighted by atomic mass is 9.94. The van der Waals surface area contributed by atoms with Gasteiger partial charge in [0.25, 0.3) is 0 Å². The second-order valence-electron chi connectivity index (χ2n) is 4.15. The molecule has 1 aromatic rings. The number of aliphatic carboxylic acids is 1. The van der Waals surface area contributed by atoms with E-state index in [2.05, 4.69) is 0 Å². The summed E-state index contributed by atoms with van der Waals surface area (Å²) in [5.41, 5.74) is 0.519. The standard InChI is InChI=1S/C12H12FNO3/c1-14-10(15)6-9(12(16)17)11(14)7-3-2-4-8(13)5-7/h2-5,9,11H,6H2,1H3,(H,16,17)/t9-,11+/m1/s1. The van der Waals surface area contributed by atoms with Crippen LogP contribution in [0.15, 0.2) is 24.3 Å². The fraction of sp³-hybridized carbons (Fsp3) is 0.333. The van der Waals surface area contributed by atoms with Crippen LogP contribution in [0.5, 0.6) is 0 Å². The number of nitrogens with zero attached hydrogens (tertiary/aromatic N) is 1. The van der Waals surface area contributed by atoms with E-state index in [1.165, 1.54) is 23.1 Å².